The highest BCUT2D eigenvalue weighted by atomic mass is 15.3. The van der Waals surface area contributed by atoms with Crippen molar-refractivity contribution < 1.29 is 0 Å². The fourth-order valence-corrected chi connectivity index (χ4v) is 2.21. The van der Waals surface area contributed by atoms with E-state index >= 15 is 0 Å². The van der Waals surface area contributed by atoms with Crippen LogP contribution >= 0.6 is 0 Å². The highest BCUT2D eigenvalue weighted by molar-refractivity contribution is 5.21. The van der Waals surface area contributed by atoms with Crippen molar-refractivity contribution in [2.24, 2.45) is 0 Å². The van der Waals surface area contributed by atoms with Gasteiger partial charge in [-0.3, -0.25) is 4.68 Å². The van der Waals surface area contributed by atoms with Gasteiger partial charge in [0.05, 0.1) is 5.69 Å². The highest BCUT2D eigenvalue weighted by Gasteiger charge is 2.08. The monoisotopic (exact) mass is 265 g/mol. The number of aryl methyl sites for hydroxylation is 2. The average Bonchev–Trinajstić information content (AvgIpc) is 2.54. The molecule has 3 nitrogen and oxygen atoms in total. The highest BCUT2D eigenvalue weighted by Crippen LogP contribution is 2.12. The van der Waals surface area contributed by atoms with E-state index < -0.39 is 0 Å². The van der Waals surface area contributed by atoms with Gasteiger partial charge in [-0.1, -0.05) is 12.8 Å². The Labute approximate surface area is 118 Å². The van der Waals surface area contributed by atoms with Gasteiger partial charge >= 0.3 is 0 Å². The lowest BCUT2D eigenvalue weighted by Crippen LogP contribution is -2.36. The number of aromatic nitrogens is 2. The van der Waals surface area contributed by atoms with Gasteiger partial charge in [0.2, 0.25) is 0 Å². The zero-order valence-electron chi connectivity index (χ0n) is 13.6. The van der Waals surface area contributed by atoms with Crippen LogP contribution in [0.25, 0.3) is 0 Å². The molecule has 110 valence electrons. The van der Waals surface area contributed by atoms with Crippen molar-refractivity contribution >= 4 is 0 Å². The summed E-state index contributed by atoms with van der Waals surface area (Å²) in [6.07, 6.45) is 5.11. The van der Waals surface area contributed by atoms with Gasteiger partial charge in [0.15, 0.2) is 0 Å². The number of hydrogen-bond donors (Lipinski definition) is 1. The molecule has 0 spiro atoms. The summed E-state index contributed by atoms with van der Waals surface area (Å²) in [5, 5.41) is 8.11. The minimum atomic E-state index is 0.251. The Morgan fingerprint density at radius 1 is 1.00 bits per heavy atom. The summed E-state index contributed by atoms with van der Waals surface area (Å²) in [5.74, 6) is 0. The van der Waals surface area contributed by atoms with Crippen LogP contribution in [0.4, 0.5) is 0 Å². The smallest absolute Gasteiger partial charge is 0.0625 e. The number of unbranched alkanes of at least 4 members (excludes halogenated alkanes) is 3. The van der Waals surface area contributed by atoms with Crippen molar-refractivity contribution in [3.63, 3.8) is 0 Å². The largest absolute Gasteiger partial charge is 0.312 e. The molecule has 0 aliphatic heterocycles. The second kappa shape index (κ2) is 7.09. The van der Waals surface area contributed by atoms with Gasteiger partial charge in [-0.2, -0.15) is 5.10 Å². The van der Waals surface area contributed by atoms with Crippen LogP contribution in [0.5, 0.6) is 0 Å². The first kappa shape index (κ1) is 16.2. The van der Waals surface area contributed by atoms with Crippen LogP contribution in [0, 0.1) is 20.8 Å². The van der Waals surface area contributed by atoms with E-state index in [9.17, 15) is 0 Å². The summed E-state index contributed by atoms with van der Waals surface area (Å²) >= 11 is 0. The molecular formula is C16H31N3. The third-order valence-corrected chi connectivity index (χ3v) is 3.70. The first-order chi connectivity index (χ1) is 8.81. The van der Waals surface area contributed by atoms with Gasteiger partial charge in [0.1, 0.15) is 0 Å². The second-order valence-electron chi connectivity index (χ2n) is 6.61. The summed E-state index contributed by atoms with van der Waals surface area (Å²) in [6.45, 7) is 15.3. The number of nitrogens with one attached hydrogen (secondary N) is 1. The van der Waals surface area contributed by atoms with Crippen molar-refractivity contribution in [2.75, 3.05) is 6.54 Å². The third kappa shape index (κ3) is 5.77. The van der Waals surface area contributed by atoms with Crippen LogP contribution in [0.2, 0.25) is 0 Å². The first-order valence-corrected chi connectivity index (χ1v) is 7.57. The van der Waals surface area contributed by atoms with E-state index in [0.717, 1.165) is 13.1 Å². The van der Waals surface area contributed by atoms with E-state index in [1.807, 2.05) is 0 Å². The molecule has 0 amide bonds. The van der Waals surface area contributed by atoms with Crippen molar-refractivity contribution in [2.45, 2.75) is 79.3 Å². The maximum atomic E-state index is 4.58. The van der Waals surface area contributed by atoms with Gasteiger partial charge in [-0.05, 0) is 66.5 Å². The van der Waals surface area contributed by atoms with Crippen LogP contribution in [-0.2, 0) is 6.54 Å². The molecule has 1 N–H and O–H groups in total. The lowest BCUT2D eigenvalue weighted by molar-refractivity contribution is 0.413. The molecule has 0 radical (unpaired) electrons. The molecule has 0 aliphatic carbocycles. The molecule has 0 fully saturated rings. The third-order valence-electron chi connectivity index (χ3n) is 3.70. The Hall–Kier alpha value is -0.830. The lowest BCUT2D eigenvalue weighted by Gasteiger charge is -2.20. The molecule has 0 atom stereocenters. The van der Waals surface area contributed by atoms with Gasteiger partial charge in [-0.15, -0.1) is 0 Å². The Morgan fingerprint density at radius 3 is 2.16 bits per heavy atom. The SMILES string of the molecule is Cc1nn(CCCCCCNC(C)(C)C)c(C)c1C. The van der Waals surface area contributed by atoms with Gasteiger partial charge in [-0.25, -0.2) is 0 Å². The standard InChI is InChI=1S/C16H31N3/c1-13-14(2)18-19(15(13)3)12-10-8-7-9-11-17-16(4,5)6/h17H,7-12H2,1-6H3. The predicted octanol–water partition coefficient (Wildman–Crippen LogP) is 3.76. The molecule has 1 aromatic rings. The normalized spacial score (nSPS) is 12.1. The summed E-state index contributed by atoms with van der Waals surface area (Å²) < 4.78 is 2.16. The molecule has 3 heteroatoms. The van der Waals surface area contributed by atoms with Crippen LogP contribution in [0.1, 0.15) is 63.4 Å². The summed E-state index contributed by atoms with van der Waals surface area (Å²) in [5.41, 5.74) is 4.09. The molecule has 0 bridgehead atoms. The van der Waals surface area contributed by atoms with E-state index in [4.69, 9.17) is 0 Å². The van der Waals surface area contributed by atoms with Crippen LogP contribution < -0.4 is 5.32 Å². The van der Waals surface area contributed by atoms with E-state index in [1.165, 1.54) is 42.6 Å². The fraction of sp³-hybridized carbons (Fsp3) is 0.812. The summed E-state index contributed by atoms with van der Waals surface area (Å²) in [6, 6.07) is 0. The molecule has 0 aromatic carbocycles. The number of hydrogen-bond acceptors (Lipinski definition) is 2. The maximum absolute atomic E-state index is 4.58. The Bertz CT molecular complexity index is 385. The molecule has 1 heterocycles. The van der Waals surface area contributed by atoms with Gasteiger partial charge < -0.3 is 5.32 Å². The molecule has 1 rings (SSSR count). The molecule has 19 heavy (non-hydrogen) atoms. The molecular weight excluding hydrogens is 234 g/mol. The van der Waals surface area contributed by atoms with Crippen LogP contribution in [-0.4, -0.2) is 21.9 Å². The minimum Gasteiger partial charge on any atom is -0.312 e. The van der Waals surface area contributed by atoms with E-state index in [2.05, 4.69) is 56.6 Å². The Balaban J connectivity index is 2.13. The summed E-state index contributed by atoms with van der Waals surface area (Å²) in [7, 11) is 0. The van der Waals surface area contributed by atoms with Crippen molar-refractivity contribution in [3.8, 4) is 0 Å². The van der Waals surface area contributed by atoms with Crippen LogP contribution in [0.15, 0.2) is 0 Å². The Morgan fingerprint density at radius 2 is 1.63 bits per heavy atom. The molecule has 0 saturated heterocycles. The van der Waals surface area contributed by atoms with Crippen LogP contribution in [0.3, 0.4) is 0 Å². The number of rotatable bonds is 7. The zero-order valence-corrected chi connectivity index (χ0v) is 13.6. The molecule has 0 saturated carbocycles. The average molecular weight is 265 g/mol. The van der Waals surface area contributed by atoms with Gasteiger partial charge in [0.25, 0.3) is 0 Å². The zero-order chi connectivity index (χ0) is 14.5. The predicted molar refractivity (Wildman–Crippen MR) is 82.7 cm³/mol. The van der Waals surface area contributed by atoms with Gasteiger partial charge in [0, 0.05) is 17.8 Å². The number of nitrogens with zero attached hydrogens (tertiary/aromatic N) is 2. The quantitative estimate of drug-likeness (QED) is 0.761. The van der Waals surface area contributed by atoms with Crippen molar-refractivity contribution in [1.82, 2.24) is 15.1 Å². The van der Waals surface area contributed by atoms with E-state index in [-0.39, 0.29) is 5.54 Å². The van der Waals surface area contributed by atoms with E-state index in [1.54, 1.807) is 0 Å². The van der Waals surface area contributed by atoms with Crippen molar-refractivity contribution in [3.05, 3.63) is 17.0 Å². The molecule has 0 aliphatic rings. The molecule has 0 unspecified atom stereocenters. The Kier molecular flexibility index (Phi) is 6.05. The lowest BCUT2D eigenvalue weighted by atomic mass is 10.1. The minimum absolute atomic E-state index is 0.251. The first-order valence-electron chi connectivity index (χ1n) is 7.57. The molecule has 1 aromatic heterocycles. The second-order valence-corrected chi connectivity index (χ2v) is 6.61. The summed E-state index contributed by atoms with van der Waals surface area (Å²) in [4.78, 5) is 0. The maximum Gasteiger partial charge on any atom is 0.0625 e. The van der Waals surface area contributed by atoms with E-state index in [0.29, 0.717) is 0 Å². The topological polar surface area (TPSA) is 29.9 Å². The fourth-order valence-electron chi connectivity index (χ4n) is 2.21. The van der Waals surface area contributed by atoms with Crippen molar-refractivity contribution in [1.29, 1.82) is 0 Å².